The number of nitrogens with one attached hydrogen (secondary N) is 3. The number of pyridine rings is 1. The van der Waals surface area contributed by atoms with Crippen molar-refractivity contribution in [2.24, 2.45) is 0 Å². The molecule has 6 heteroatoms. The number of anilines is 1. The number of rotatable bonds is 5. The van der Waals surface area contributed by atoms with Crippen LogP contribution in [0.5, 0.6) is 0 Å². The van der Waals surface area contributed by atoms with Gasteiger partial charge in [0.25, 0.3) is 0 Å². The maximum atomic E-state index is 11.6. The van der Waals surface area contributed by atoms with E-state index in [1.54, 1.807) is 6.20 Å². The largest absolute Gasteiger partial charge is 0.306 e. The van der Waals surface area contributed by atoms with Crippen molar-refractivity contribution in [1.29, 1.82) is 5.26 Å². The van der Waals surface area contributed by atoms with Crippen LogP contribution in [0.25, 0.3) is 0 Å². The highest BCUT2D eigenvalue weighted by atomic mass is 16.1. The number of nitrogens with zero attached hydrogens (tertiary/aromatic N) is 2. The molecule has 1 saturated heterocycles. The number of hydrazine groups is 1. The summed E-state index contributed by atoms with van der Waals surface area (Å²) < 4.78 is 0. The Morgan fingerprint density at radius 1 is 1.56 bits per heavy atom. The number of aromatic nitrogens is 1. The molecule has 0 saturated carbocycles. The molecular formula is C12H15N5O. The summed E-state index contributed by atoms with van der Waals surface area (Å²) in [5.74, 6) is 0.679. The zero-order valence-electron chi connectivity index (χ0n) is 9.94. The summed E-state index contributed by atoms with van der Waals surface area (Å²) in [6.45, 7) is 1.09. The second-order valence-corrected chi connectivity index (χ2v) is 4.13. The molecule has 94 valence electrons. The molecule has 1 unspecified atom stereocenters. The summed E-state index contributed by atoms with van der Waals surface area (Å²) in [4.78, 5) is 15.7. The second kappa shape index (κ2) is 5.58. The molecule has 0 spiro atoms. The van der Waals surface area contributed by atoms with E-state index < -0.39 is 5.54 Å². The van der Waals surface area contributed by atoms with Crippen LogP contribution in [0.3, 0.4) is 0 Å². The van der Waals surface area contributed by atoms with Crippen LogP contribution in [0.15, 0.2) is 24.4 Å². The van der Waals surface area contributed by atoms with E-state index in [1.807, 2.05) is 18.2 Å². The van der Waals surface area contributed by atoms with Gasteiger partial charge < -0.3 is 5.43 Å². The normalized spacial score (nSPS) is 22.7. The zero-order chi connectivity index (χ0) is 12.8. The van der Waals surface area contributed by atoms with E-state index in [0.29, 0.717) is 31.7 Å². The molecule has 1 aromatic rings. The summed E-state index contributed by atoms with van der Waals surface area (Å²) in [5.41, 5.74) is 4.85. The minimum atomic E-state index is -1.02. The average molecular weight is 245 g/mol. The first-order valence-corrected chi connectivity index (χ1v) is 5.86. The number of hydrogen-bond acceptors (Lipinski definition) is 6. The molecule has 1 fully saturated rings. The number of ketones is 1. The van der Waals surface area contributed by atoms with Gasteiger partial charge in [0.15, 0.2) is 11.3 Å². The monoisotopic (exact) mass is 245 g/mol. The molecule has 1 aromatic heterocycles. The molecule has 0 bridgehead atoms. The van der Waals surface area contributed by atoms with Crippen molar-refractivity contribution in [2.75, 3.05) is 18.5 Å². The van der Waals surface area contributed by atoms with Crippen molar-refractivity contribution in [2.45, 2.75) is 18.4 Å². The van der Waals surface area contributed by atoms with Gasteiger partial charge in [-0.05, 0) is 12.1 Å². The Kier molecular flexibility index (Phi) is 3.87. The van der Waals surface area contributed by atoms with Crippen LogP contribution in [0.2, 0.25) is 0 Å². The van der Waals surface area contributed by atoms with Crippen molar-refractivity contribution in [3.05, 3.63) is 24.4 Å². The Morgan fingerprint density at radius 2 is 2.44 bits per heavy atom. The highest BCUT2D eigenvalue weighted by Gasteiger charge is 2.41. The van der Waals surface area contributed by atoms with Crippen molar-refractivity contribution in [3.8, 4) is 6.07 Å². The molecule has 0 amide bonds. The summed E-state index contributed by atoms with van der Waals surface area (Å²) in [6, 6.07) is 7.61. The van der Waals surface area contributed by atoms with E-state index in [4.69, 9.17) is 5.26 Å². The van der Waals surface area contributed by atoms with Gasteiger partial charge in [0.2, 0.25) is 0 Å². The number of nitriles is 1. The zero-order valence-corrected chi connectivity index (χ0v) is 9.94. The highest BCUT2D eigenvalue weighted by molar-refractivity contribution is 5.93. The van der Waals surface area contributed by atoms with Crippen LogP contribution in [-0.2, 0) is 4.79 Å². The number of hydrogen-bond donors (Lipinski definition) is 3. The summed E-state index contributed by atoms with van der Waals surface area (Å²) in [7, 11) is 0. The van der Waals surface area contributed by atoms with Crippen molar-refractivity contribution < 1.29 is 4.79 Å². The van der Waals surface area contributed by atoms with E-state index in [-0.39, 0.29) is 5.78 Å². The second-order valence-electron chi connectivity index (χ2n) is 4.13. The summed E-state index contributed by atoms with van der Waals surface area (Å²) in [6.07, 6.45) is 2.55. The molecule has 0 radical (unpaired) electrons. The van der Waals surface area contributed by atoms with Crippen LogP contribution in [-0.4, -0.2) is 29.4 Å². The van der Waals surface area contributed by atoms with E-state index in [1.165, 1.54) is 0 Å². The lowest BCUT2D eigenvalue weighted by molar-refractivity contribution is -0.120. The molecule has 1 aliphatic rings. The number of carbonyl (C=O) groups is 1. The van der Waals surface area contributed by atoms with Crippen LogP contribution in [0.4, 0.5) is 5.82 Å². The van der Waals surface area contributed by atoms with E-state index in [9.17, 15) is 4.79 Å². The van der Waals surface area contributed by atoms with Gasteiger partial charge in [-0.25, -0.2) is 10.4 Å². The van der Waals surface area contributed by atoms with Crippen LogP contribution >= 0.6 is 0 Å². The van der Waals surface area contributed by atoms with Gasteiger partial charge in [0.1, 0.15) is 5.82 Å². The van der Waals surface area contributed by atoms with Crippen molar-refractivity contribution >= 4 is 11.6 Å². The summed E-state index contributed by atoms with van der Waals surface area (Å²) >= 11 is 0. The maximum Gasteiger partial charge on any atom is 0.168 e. The first-order chi connectivity index (χ1) is 8.77. The van der Waals surface area contributed by atoms with Gasteiger partial charge in [-0.2, -0.15) is 5.26 Å². The average Bonchev–Trinajstić information content (AvgIpc) is 2.78. The quantitative estimate of drug-likeness (QED) is 0.507. The fourth-order valence-electron chi connectivity index (χ4n) is 1.93. The molecule has 2 heterocycles. The van der Waals surface area contributed by atoms with Crippen LogP contribution < -0.4 is 16.2 Å². The molecule has 6 nitrogen and oxygen atoms in total. The number of Topliss-reactive ketones (excluding diaryl/α,β-unsaturated/α-hetero) is 1. The third kappa shape index (κ3) is 2.64. The first-order valence-electron chi connectivity index (χ1n) is 5.86. The van der Waals surface area contributed by atoms with Gasteiger partial charge >= 0.3 is 0 Å². The van der Waals surface area contributed by atoms with E-state index in [2.05, 4.69) is 27.2 Å². The minimum Gasteiger partial charge on any atom is -0.306 e. The standard InChI is InChI=1S/C12H15N5O/c13-9-12(10(18)4-7-15-12)5-8-16-17-11-3-1-2-6-14-11/h1-3,6,15-16H,4-5,7-8H2,(H,14,17). The number of carbonyl (C=O) groups excluding carboxylic acids is 1. The highest BCUT2D eigenvalue weighted by Crippen LogP contribution is 2.17. The lowest BCUT2D eigenvalue weighted by Gasteiger charge is -2.19. The first kappa shape index (κ1) is 12.5. The van der Waals surface area contributed by atoms with Gasteiger partial charge in [-0.3, -0.25) is 10.1 Å². The summed E-state index contributed by atoms with van der Waals surface area (Å²) in [5, 5.41) is 12.1. The Hall–Kier alpha value is -1.97. The SMILES string of the molecule is N#CC1(CCNNc2ccccn2)NCCC1=O. The predicted octanol–water partition coefficient (Wildman–Crippen LogP) is 0.213. The molecule has 1 atom stereocenters. The fraction of sp³-hybridized carbons (Fsp3) is 0.417. The van der Waals surface area contributed by atoms with E-state index in [0.717, 1.165) is 0 Å². The third-order valence-electron chi connectivity index (χ3n) is 2.95. The van der Waals surface area contributed by atoms with Gasteiger partial charge in [0, 0.05) is 32.1 Å². The minimum absolute atomic E-state index is 0.0235. The molecule has 3 N–H and O–H groups in total. The van der Waals surface area contributed by atoms with Crippen molar-refractivity contribution in [3.63, 3.8) is 0 Å². The predicted molar refractivity (Wildman–Crippen MR) is 66.5 cm³/mol. The molecule has 18 heavy (non-hydrogen) atoms. The van der Waals surface area contributed by atoms with E-state index >= 15 is 0 Å². The fourth-order valence-corrected chi connectivity index (χ4v) is 1.93. The van der Waals surface area contributed by atoms with Gasteiger partial charge in [-0.15, -0.1) is 0 Å². The molecule has 0 aliphatic carbocycles. The smallest absolute Gasteiger partial charge is 0.168 e. The lowest BCUT2D eigenvalue weighted by Crippen LogP contribution is -2.46. The maximum absolute atomic E-state index is 11.6. The Bertz CT molecular complexity index is 455. The lowest BCUT2D eigenvalue weighted by atomic mass is 9.94. The molecular weight excluding hydrogens is 230 g/mol. The van der Waals surface area contributed by atoms with Crippen LogP contribution in [0.1, 0.15) is 12.8 Å². The van der Waals surface area contributed by atoms with Gasteiger partial charge in [-0.1, -0.05) is 6.07 Å². The van der Waals surface area contributed by atoms with Crippen LogP contribution in [0, 0.1) is 11.3 Å². The Labute approximate surface area is 105 Å². The molecule has 0 aromatic carbocycles. The Morgan fingerprint density at radius 3 is 3.06 bits per heavy atom. The molecule has 2 rings (SSSR count). The van der Waals surface area contributed by atoms with Gasteiger partial charge in [0.05, 0.1) is 6.07 Å². The molecule has 1 aliphatic heterocycles. The van der Waals surface area contributed by atoms with Crippen molar-refractivity contribution in [1.82, 2.24) is 15.7 Å². The Balaban J connectivity index is 1.79. The third-order valence-corrected chi connectivity index (χ3v) is 2.95. The topological polar surface area (TPSA) is 89.8 Å².